The van der Waals surface area contributed by atoms with Crippen LogP contribution in [0.3, 0.4) is 0 Å². The molecule has 0 saturated carbocycles. The van der Waals surface area contributed by atoms with E-state index in [4.69, 9.17) is 9.47 Å². The molecule has 10 rings (SSSR count). The number of H-pyrrole nitrogens is 2. The summed E-state index contributed by atoms with van der Waals surface area (Å²) in [6.45, 7) is 17.8. The highest BCUT2D eigenvalue weighted by atomic mass is 31.0. The van der Waals surface area contributed by atoms with Gasteiger partial charge in [0.2, 0.25) is 11.8 Å². The molecule has 2 aliphatic rings. The molecule has 17 nitrogen and oxygen atoms in total. The van der Waals surface area contributed by atoms with Gasteiger partial charge in [-0.2, -0.15) is 10.5 Å². The van der Waals surface area contributed by atoms with Crippen molar-refractivity contribution < 1.29 is 18.3 Å². The number of nitriles is 2. The molecule has 1 atom stereocenters. The van der Waals surface area contributed by atoms with Crippen LogP contribution in [0, 0.1) is 48.1 Å². The van der Waals surface area contributed by atoms with Crippen LogP contribution >= 0.6 is 9.24 Å². The zero-order valence-electron chi connectivity index (χ0n) is 45.3. The molecule has 6 N–H and O–H groups in total. The summed E-state index contributed by atoms with van der Waals surface area (Å²) in [5, 5.41) is 34.3. The Hall–Kier alpha value is -8.87. The van der Waals surface area contributed by atoms with E-state index >= 15 is 0 Å². The summed E-state index contributed by atoms with van der Waals surface area (Å²) in [5.74, 6) is -0.504. The molecule has 406 valence electrons. The molecule has 2 saturated heterocycles. The van der Waals surface area contributed by atoms with Gasteiger partial charge in [0, 0.05) is 121 Å². The molecule has 79 heavy (non-hydrogen) atoms. The molecule has 4 aromatic carbocycles. The van der Waals surface area contributed by atoms with Crippen LogP contribution in [0.15, 0.2) is 132 Å². The molecular formula is C59H64F2N15O2P. The minimum absolute atomic E-state index is 0.0100. The Kier molecular flexibility index (Phi) is 18.9. The van der Waals surface area contributed by atoms with Crippen molar-refractivity contribution in [3.05, 3.63) is 167 Å². The third kappa shape index (κ3) is 14.2. The molecule has 0 radical (unpaired) electrons. The Labute approximate surface area is 461 Å². The maximum absolute atomic E-state index is 15.0. The first-order chi connectivity index (χ1) is 38.2. The monoisotopic (exact) mass is 1080 g/mol. The molecule has 1 unspecified atom stereocenters. The minimum atomic E-state index is -0.516. The second kappa shape index (κ2) is 26.5. The van der Waals surface area contributed by atoms with Gasteiger partial charge in [-0.05, 0) is 144 Å². The third-order valence-electron chi connectivity index (χ3n) is 13.1. The predicted octanol–water partition coefficient (Wildman–Crippen LogP) is 11.6. The fourth-order valence-electron chi connectivity index (χ4n) is 8.78. The van der Waals surface area contributed by atoms with Crippen molar-refractivity contribution in [3.63, 3.8) is 0 Å². The van der Waals surface area contributed by atoms with Crippen LogP contribution in [-0.4, -0.2) is 101 Å². The maximum atomic E-state index is 15.0. The van der Waals surface area contributed by atoms with Crippen LogP contribution in [0.2, 0.25) is 0 Å². The number of piperazine rings is 2. The lowest BCUT2D eigenvalue weighted by atomic mass is 10.2. The predicted molar refractivity (Wildman–Crippen MR) is 314 cm³/mol. The van der Waals surface area contributed by atoms with Crippen LogP contribution in [-0.2, 0) is 0 Å². The molecule has 4 aromatic heterocycles. The quantitative estimate of drug-likeness (QED) is 0.0469. The second-order valence-corrected chi connectivity index (χ2v) is 19.8. The van der Waals surface area contributed by atoms with Crippen molar-refractivity contribution in [2.24, 2.45) is 0 Å². The Bertz CT molecular complexity index is 3580. The number of benzene rings is 4. The lowest BCUT2D eigenvalue weighted by molar-refractivity contribution is 0.313. The van der Waals surface area contributed by atoms with Crippen molar-refractivity contribution >= 4 is 65.4 Å². The normalized spacial score (nSPS) is 14.1. The summed E-state index contributed by atoms with van der Waals surface area (Å²) >= 11 is 0. The third-order valence-corrected chi connectivity index (χ3v) is 13.4. The lowest BCUT2D eigenvalue weighted by Gasteiger charge is -2.34. The van der Waals surface area contributed by atoms with E-state index in [0.29, 0.717) is 27.6 Å². The number of nitrogens with zero attached hydrogens (tertiary/aromatic N) is 9. The van der Waals surface area contributed by atoms with Gasteiger partial charge in [-0.1, -0.05) is 12.2 Å². The van der Waals surface area contributed by atoms with E-state index in [2.05, 4.69) is 120 Å². The number of hydrogen-bond donors (Lipinski definition) is 6. The number of ether oxygens (including phenoxy) is 2. The molecule has 2 fully saturated rings. The molecule has 8 aromatic rings. The second-order valence-electron chi connectivity index (χ2n) is 18.9. The van der Waals surface area contributed by atoms with E-state index in [1.54, 1.807) is 24.3 Å². The van der Waals surface area contributed by atoms with Crippen LogP contribution in [0.25, 0.3) is 21.8 Å². The van der Waals surface area contributed by atoms with Gasteiger partial charge in [0.05, 0.1) is 0 Å². The summed E-state index contributed by atoms with van der Waals surface area (Å²) in [7, 11) is 6.77. The van der Waals surface area contributed by atoms with E-state index in [1.807, 2.05) is 82.4 Å². The SMILES string of the molecule is C\C=C/C(/C=C(/C)NC)=C(\C)P.Cc1cc2c(F)c(Oc3ncnc(Nc4ccc(N5CCN(C)CC5)cc4)c3C#N)ccc2[nH]1.Cc1cc2c(F)c(Oc3ncnc(Nc4ccc(N5CCNCC5)cc4)c3C#N)ccc2[nH]1. The van der Waals surface area contributed by atoms with E-state index in [-0.39, 0.29) is 40.2 Å². The number of likely N-dealkylation sites (N-methyl/N-ethyl adjacent to an activating group) is 1. The van der Waals surface area contributed by atoms with Crippen molar-refractivity contribution in [1.29, 1.82) is 10.5 Å². The highest BCUT2D eigenvalue weighted by molar-refractivity contribution is 7.22. The molecule has 0 amide bonds. The van der Waals surface area contributed by atoms with E-state index in [1.165, 1.54) is 41.4 Å². The van der Waals surface area contributed by atoms with Gasteiger partial charge in [-0.25, -0.2) is 28.7 Å². The van der Waals surface area contributed by atoms with E-state index in [0.717, 1.165) is 86.5 Å². The van der Waals surface area contributed by atoms with Crippen LogP contribution in [0.1, 0.15) is 43.3 Å². The van der Waals surface area contributed by atoms with Crippen molar-refractivity contribution in [2.45, 2.75) is 34.6 Å². The van der Waals surface area contributed by atoms with Crippen molar-refractivity contribution in [1.82, 2.24) is 45.4 Å². The summed E-state index contributed by atoms with van der Waals surface area (Å²) in [4.78, 5) is 29.7. The number of aryl methyl sites for hydroxylation is 2. The molecule has 2 aliphatic heterocycles. The Balaban J connectivity index is 0.000000173. The van der Waals surface area contributed by atoms with Gasteiger partial charge < -0.3 is 55.4 Å². The fourth-order valence-corrected chi connectivity index (χ4v) is 8.96. The number of aromatic amines is 2. The van der Waals surface area contributed by atoms with Gasteiger partial charge in [0.25, 0.3) is 0 Å². The summed E-state index contributed by atoms with van der Waals surface area (Å²) < 4.78 is 41.3. The Morgan fingerprint density at radius 1 is 0.671 bits per heavy atom. The lowest BCUT2D eigenvalue weighted by Crippen LogP contribution is -2.44. The number of aromatic nitrogens is 6. The van der Waals surface area contributed by atoms with Gasteiger partial charge in [0.1, 0.15) is 24.8 Å². The molecule has 0 spiro atoms. The first kappa shape index (κ1) is 56.3. The number of hydrogen-bond acceptors (Lipinski definition) is 15. The number of anilines is 6. The molecule has 20 heteroatoms. The molecule has 0 bridgehead atoms. The minimum Gasteiger partial charge on any atom is -0.434 e. The average Bonchev–Trinajstić information content (AvgIpc) is 4.17. The fraction of sp³-hybridized carbons (Fsp3) is 0.254. The first-order valence-corrected chi connectivity index (χ1v) is 26.3. The molecular weight excluding hydrogens is 1020 g/mol. The van der Waals surface area contributed by atoms with Gasteiger partial charge in [-0.15, -0.1) is 9.24 Å². The number of halogens is 2. The van der Waals surface area contributed by atoms with E-state index in [9.17, 15) is 19.3 Å². The highest BCUT2D eigenvalue weighted by Gasteiger charge is 2.21. The highest BCUT2D eigenvalue weighted by Crippen LogP contribution is 2.35. The topological polar surface area (TPSA) is 207 Å². The molecule has 6 heterocycles. The average molecular weight is 1080 g/mol. The largest absolute Gasteiger partial charge is 0.434 e. The van der Waals surface area contributed by atoms with Crippen LogP contribution in [0.4, 0.5) is 43.2 Å². The number of fused-ring (bicyclic) bond motifs is 2. The number of nitrogens with one attached hydrogen (secondary N) is 6. The van der Waals surface area contributed by atoms with Crippen LogP contribution in [0.5, 0.6) is 23.3 Å². The Morgan fingerprint density at radius 3 is 1.54 bits per heavy atom. The molecule has 0 aliphatic carbocycles. The van der Waals surface area contributed by atoms with E-state index < -0.39 is 11.6 Å². The number of allylic oxidation sites excluding steroid dienone is 6. The summed E-state index contributed by atoms with van der Waals surface area (Å²) in [6.07, 6.45) is 8.84. The maximum Gasteiger partial charge on any atom is 0.242 e. The zero-order valence-corrected chi connectivity index (χ0v) is 46.5. The zero-order chi connectivity index (χ0) is 56.0. The Morgan fingerprint density at radius 2 is 1.13 bits per heavy atom. The summed E-state index contributed by atoms with van der Waals surface area (Å²) in [6, 6.07) is 30.0. The standard InChI is InChI=1S/C25H24FN7O.C24H22FN7O.C10H18NP/c1-16-13-19-21(30-16)7-8-22(23(19)26)34-25-20(14-27)24(28-15-29-25)31-17-3-5-18(6-4-17)33-11-9-32(2)10-12-33;1-15-12-18-20(30-15)6-7-21(22(18)25)33-24-19(13-26)23(28-14-29-24)31-16-2-4-17(5-3-16)32-10-8-27-9-11-32;1-5-6-10(9(3)12)7-8(2)11-4/h3-8,13,15,30H,9-12H2,1-2H3,(H,28,29,31);2-7,12,14,27,30H,8-11H2,1H3,(H,28,29,31);5-7,11H,12H2,1-4H3/b;;6-5-,8-7-,10-9-. The van der Waals surface area contributed by atoms with Crippen molar-refractivity contribution in [2.75, 3.05) is 86.9 Å². The number of rotatable bonds is 13. The van der Waals surface area contributed by atoms with Gasteiger partial charge in [0.15, 0.2) is 45.9 Å². The first-order valence-electron chi connectivity index (χ1n) is 25.8. The smallest absolute Gasteiger partial charge is 0.242 e. The van der Waals surface area contributed by atoms with Crippen molar-refractivity contribution in [3.8, 4) is 35.4 Å². The summed E-state index contributed by atoms with van der Waals surface area (Å²) in [5.41, 5.74) is 9.46. The van der Waals surface area contributed by atoms with Gasteiger partial charge in [-0.3, -0.25) is 0 Å². The van der Waals surface area contributed by atoms with Crippen LogP contribution < -0.4 is 40.5 Å². The van der Waals surface area contributed by atoms with Gasteiger partial charge >= 0.3 is 0 Å².